The first kappa shape index (κ1) is 12.0. The van der Waals surface area contributed by atoms with E-state index in [2.05, 4.69) is 10.3 Å². The van der Waals surface area contributed by atoms with Gasteiger partial charge in [-0.05, 0) is 12.1 Å². The summed E-state index contributed by atoms with van der Waals surface area (Å²) in [6.45, 7) is -0.157. The van der Waals surface area contributed by atoms with Crippen LogP contribution in [0.3, 0.4) is 0 Å². The molecule has 0 saturated carbocycles. The summed E-state index contributed by atoms with van der Waals surface area (Å²) in [7, 11) is 0. The Morgan fingerprint density at radius 2 is 2.33 bits per heavy atom. The van der Waals surface area contributed by atoms with E-state index in [9.17, 15) is 9.18 Å². The van der Waals surface area contributed by atoms with Gasteiger partial charge in [-0.2, -0.15) is 0 Å². The number of benzene rings is 1. The summed E-state index contributed by atoms with van der Waals surface area (Å²) in [5.41, 5.74) is 0.473. The highest BCUT2D eigenvalue weighted by molar-refractivity contribution is 5.66. The maximum atomic E-state index is 12.9. The molecule has 0 atom stereocenters. The van der Waals surface area contributed by atoms with Gasteiger partial charge in [-0.3, -0.25) is 4.79 Å². The Hall–Kier alpha value is -2.44. The number of carboxylic acids is 1. The summed E-state index contributed by atoms with van der Waals surface area (Å²) in [5, 5.41) is 15.9. The molecule has 1 N–H and O–H groups in total. The summed E-state index contributed by atoms with van der Waals surface area (Å²) in [6, 6.07) is 5.72. The van der Waals surface area contributed by atoms with Crippen LogP contribution in [0.15, 0.2) is 30.5 Å². The van der Waals surface area contributed by atoms with E-state index in [0.29, 0.717) is 11.4 Å². The number of ether oxygens (including phenoxy) is 1. The molecule has 0 saturated heterocycles. The first-order chi connectivity index (χ1) is 8.63. The minimum Gasteiger partial charge on any atom is -0.487 e. The lowest BCUT2D eigenvalue weighted by Crippen LogP contribution is -2.08. The predicted octanol–water partition coefficient (Wildman–Crippen LogP) is 1.08. The van der Waals surface area contributed by atoms with Crippen molar-refractivity contribution in [3.05, 3.63) is 42.0 Å². The highest BCUT2D eigenvalue weighted by atomic mass is 19.1. The van der Waals surface area contributed by atoms with E-state index in [1.54, 1.807) is 6.07 Å². The van der Waals surface area contributed by atoms with E-state index in [0.717, 1.165) is 0 Å². The third-order valence-electron chi connectivity index (χ3n) is 2.07. The Morgan fingerprint density at radius 3 is 3.06 bits per heavy atom. The summed E-state index contributed by atoms with van der Waals surface area (Å²) >= 11 is 0. The molecule has 0 aliphatic heterocycles. The van der Waals surface area contributed by atoms with Gasteiger partial charge in [0.1, 0.15) is 30.4 Å². The molecule has 7 heteroatoms. The zero-order chi connectivity index (χ0) is 13.0. The number of halogens is 1. The fourth-order valence-corrected chi connectivity index (χ4v) is 1.33. The standard InChI is InChI=1S/C11H10FN3O3/c12-8-2-1-3-10(4-8)18-7-9-5-15(14-13-9)6-11(16)17/h1-5H,6-7H2,(H,16,17). The molecule has 2 rings (SSSR count). The van der Waals surface area contributed by atoms with Gasteiger partial charge in [-0.1, -0.05) is 11.3 Å². The smallest absolute Gasteiger partial charge is 0.325 e. The normalized spacial score (nSPS) is 10.3. The fraction of sp³-hybridized carbons (Fsp3) is 0.182. The van der Waals surface area contributed by atoms with Crippen molar-refractivity contribution in [3.8, 4) is 5.75 Å². The average Bonchev–Trinajstić information content (AvgIpc) is 2.73. The first-order valence-electron chi connectivity index (χ1n) is 5.12. The van der Waals surface area contributed by atoms with Gasteiger partial charge in [0, 0.05) is 6.07 Å². The predicted molar refractivity (Wildman–Crippen MR) is 58.4 cm³/mol. The van der Waals surface area contributed by atoms with Gasteiger partial charge in [-0.25, -0.2) is 9.07 Å². The van der Waals surface area contributed by atoms with Crippen LogP contribution in [0, 0.1) is 5.82 Å². The number of aromatic nitrogens is 3. The molecule has 1 aromatic heterocycles. The summed E-state index contributed by atoms with van der Waals surface area (Å²) in [6.07, 6.45) is 1.47. The molecule has 2 aromatic rings. The Kier molecular flexibility index (Phi) is 3.52. The van der Waals surface area contributed by atoms with E-state index >= 15 is 0 Å². The van der Waals surface area contributed by atoms with Crippen molar-refractivity contribution >= 4 is 5.97 Å². The fourth-order valence-electron chi connectivity index (χ4n) is 1.33. The lowest BCUT2D eigenvalue weighted by molar-refractivity contribution is -0.137. The molecule has 0 radical (unpaired) electrons. The van der Waals surface area contributed by atoms with Crippen LogP contribution < -0.4 is 4.74 Å². The minimum absolute atomic E-state index is 0.100. The van der Waals surface area contributed by atoms with Crippen molar-refractivity contribution in [1.29, 1.82) is 0 Å². The van der Waals surface area contributed by atoms with Crippen LogP contribution in [-0.2, 0) is 17.9 Å². The van der Waals surface area contributed by atoms with Crippen molar-refractivity contribution < 1.29 is 19.0 Å². The van der Waals surface area contributed by atoms with E-state index < -0.39 is 5.97 Å². The van der Waals surface area contributed by atoms with Crippen molar-refractivity contribution in [2.45, 2.75) is 13.2 Å². The molecule has 0 aliphatic carbocycles. The van der Waals surface area contributed by atoms with Gasteiger partial charge in [0.05, 0.1) is 6.20 Å². The Morgan fingerprint density at radius 1 is 1.50 bits per heavy atom. The van der Waals surface area contributed by atoms with Gasteiger partial charge >= 0.3 is 5.97 Å². The van der Waals surface area contributed by atoms with Crippen LogP contribution >= 0.6 is 0 Å². The van der Waals surface area contributed by atoms with E-state index in [1.807, 2.05) is 0 Å². The average molecular weight is 251 g/mol. The van der Waals surface area contributed by atoms with Crippen LogP contribution in [-0.4, -0.2) is 26.1 Å². The van der Waals surface area contributed by atoms with Gasteiger partial charge in [0.25, 0.3) is 0 Å². The van der Waals surface area contributed by atoms with Crippen LogP contribution in [0.4, 0.5) is 4.39 Å². The maximum Gasteiger partial charge on any atom is 0.325 e. The lowest BCUT2D eigenvalue weighted by Gasteiger charge is -2.02. The Balaban J connectivity index is 1.94. The zero-order valence-corrected chi connectivity index (χ0v) is 9.28. The molecule has 18 heavy (non-hydrogen) atoms. The maximum absolute atomic E-state index is 12.9. The van der Waals surface area contributed by atoms with Crippen LogP contribution in [0.5, 0.6) is 5.75 Å². The number of carboxylic acid groups (broad SMARTS) is 1. The van der Waals surface area contributed by atoms with E-state index in [-0.39, 0.29) is 19.0 Å². The molecule has 0 fully saturated rings. The topological polar surface area (TPSA) is 77.2 Å². The van der Waals surface area contributed by atoms with Gasteiger partial charge in [0.2, 0.25) is 0 Å². The van der Waals surface area contributed by atoms with Gasteiger partial charge in [-0.15, -0.1) is 5.10 Å². The van der Waals surface area contributed by atoms with Crippen LogP contribution in [0.2, 0.25) is 0 Å². The van der Waals surface area contributed by atoms with E-state index in [1.165, 1.54) is 29.1 Å². The molecule has 0 aliphatic rings. The summed E-state index contributed by atoms with van der Waals surface area (Å²) in [4.78, 5) is 10.4. The van der Waals surface area contributed by atoms with Crippen molar-refractivity contribution in [2.75, 3.05) is 0 Å². The van der Waals surface area contributed by atoms with Crippen molar-refractivity contribution in [3.63, 3.8) is 0 Å². The third-order valence-corrected chi connectivity index (χ3v) is 2.07. The second kappa shape index (κ2) is 5.26. The SMILES string of the molecule is O=C(O)Cn1cc(COc2cccc(F)c2)nn1. The minimum atomic E-state index is -1.00. The quantitative estimate of drug-likeness (QED) is 0.860. The Labute approximate surface area is 102 Å². The molecule has 94 valence electrons. The molecule has 0 bridgehead atoms. The van der Waals surface area contributed by atoms with Gasteiger partial charge in [0.15, 0.2) is 0 Å². The number of rotatable bonds is 5. The number of nitrogens with zero attached hydrogens (tertiary/aromatic N) is 3. The zero-order valence-electron chi connectivity index (χ0n) is 9.28. The second-order valence-electron chi connectivity index (χ2n) is 3.55. The lowest BCUT2D eigenvalue weighted by atomic mass is 10.3. The molecule has 0 spiro atoms. The molecular weight excluding hydrogens is 241 g/mol. The van der Waals surface area contributed by atoms with Crippen LogP contribution in [0.1, 0.15) is 5.69 Å². The third kappa shape index (κ3) is 3.27. The number of hydrogen-bond acceptors (Lipinski definition) is 4. The first-order valence-corrected chi connectivity index (χ1v) is 5.12. The van der Waals surface area contributed by atoms with Crippen LogP contribution in [0.25, 0.3) is 0 Å². The Bertz CT molecular complexity index is 556. The van der Waals surface area contributed by atoms with Crippen molar-refractivity contribution in [2.24, 2.45) is 0 Å². The van der Waals surface area contributed by atoms with Gasteiger partial charge < -0.3 is 9.84 Å². The molecule has 1 aromatic carbocycles. The largest absolute Gasteiger partial charge is 0.487 e. The molecule has 0 amide bonds. The van der Waals surface area contributed by atoms with E-state index in [4.69, 9.17) is 9.84 Å². The highest BCUT2D eigenvalue weighted by Crippen LogP contribution is 2.13. The number of carbonyl (C=O) groups is 1. The molecule has 6 nitrogen and oxygen atoms in total. The summed E-state index contributed by atoms with van der Waals surface area (Å²) < 4.78 is 19.3. The monoisotopic (exact) mass is 251 g/mol. The number of hydrogen-bond donors (Lipinski definition) is 1. The molecule has 1 heterocycles. The number of aliphatic carboxylic acids is 1. The summed E-state index contributed by atoms with van der Waals surface area (Å²) in [5.74, 6) is -1.01. The van der Waals surface area contributed by atoms with Crippen molar-refractivity contribution in [1.82, 2.24) is 15.0 Å². The molecule has 0 unspecified atom stereocenters. The second-order valence-corrected chi connectivity index (χ2v) is 3.55. The highest BCUT2D eigenvalue weighted by Gasteiger charge is 2.05. The molecular formula is C11H10FN3O3.